The highest BCUT2D eigenvalue weighted by molar-refractivity contribution is 8.00. The summed E-state index contributed by atoms with van der Waals surface area (Å²) < 4.78 is 0. The molecule has 3 N–H and O–H groups in total. The van der Waals surface area contributed by atoms with Crippen molar-refractivity contribution in [2.24, 2.45) is 0 Å². The molecule has 0 aliphatic rings. The van der Waals surface area contributed by atoms with E-state index in [4.69, 9.17) is 5.11 Å². The lowest BCUT2D eigenvalue weighted by Crippen LogP contribution is -2.19. The highest BCUT2D eigenvalue weighted by Crippen LogP contribution is 2.36. The molecule has 0 spiro atoms. The van der Waals surface area contributed by atoms with Crippen molar-refractivity contribution in [3.8, 4) is 0 Å². The molecule has 0 heterocycles. The molecule has 0 fully saturated rings. The van der Waals surface area contributed by atoms with E-state index < -0.39 is 11.2 Å². The Balaban J connectivity index is 1.44. The van der Waals surface area contributed by atoms with Gasteiger partial charge in [-0.2, -0.15) is 0 Å². The molecule has 7 heteroatoms. The summed E-state index contributed by atoms with van der Waals surface area (Å²) >= 11 is 1.39. The first-order valence-corrected chi connectivity index (χ1v) is 12.2. The first-order valence-electron chi connectivity index (χ1n) is 11.3. The van der Waals surface area contributed by atoms with E-state index in [0.29, 0.717) is 17.8 Å². The second-order valence-electron chi connectivity index (χ2n) is 8.02. The van der Waals surface area contributed by atoms with Gasteiger partial charge in [0.25, 0.3) is 0 Å². The van der Waals surface area contributed by atoms with E-state index in [0.717, 1.165) is 16.0 Å². The van der Waals surface area contributed by atoms with E-state index in [2.05, 4.69) is 10.6 Å². The van der Waals surface area contributed by atoms with Crippen molar-refractivity contribution < 1.29 is 19.5 Å². The number of carbonyl (C=O) groups excluding carboxylic acids is 2. The maximum atomic E-state index is 13.2. The monoisotopic (exact) mass is 496 g/mol. The van der Waals surface area contributed by atoms with Crippen LogP contribution >= 0.6 is 11.8 Å². The zero-order valence-electron chi connectivity index (χ0n) is 19.3. The first kappa shape index (κ1) is 24.8. The van der Waals surface area contributed by atoms with Gasteiger partial charge in [-0.25, -0.2) is 4.79 Å². The van der Waals surface area contributed by atoms with Crippen LogP contribution in [0.1, 0.15) is 26.7 Å². The van der Waals surface area contributed by atoms with Gasteiger partial charge in [0.1, 0.15) is 5.25 Å². The van der Waals surface area contributed by atoms with Crippen LogP contribution in [0.4, 0.5) is 11.4 Å². The molecule has 0 aliphatic heterocycles. The number of carboxylic acids is 1. The molecule has 180 valence electrons. The van der Waals surface area contributed by atoms with Crippen LogP contribution in [0, 0.1) is 0 Å². The van der Waals surface area contributed by atoms with Gasteiger partial charge in [0.2, 0.25) is 11.8 Å². The van der Waals surface area contributed by atoms with Crippen LogP contribution in [0.2, 0.25) is 0 Å². The lowest BCUT2D eigenvalue weighted by molar-refractivity contribution is -0.116. The van der Waals surface area contributed by atoms with Crippen molar-refractivity contribution >= 4 is 40.9 Å². The molecule has 1 atom stereocenters. The molecular weight excluding hydrogens is 472 g/mol. The second-order valence-corrected chi connectivity index (χ2v) is 9.19. The Morgan fingerprint density at radius 1 is 0.694 bits per heavy atom. The minimum Gasteiger partial charge on any atom is -0.478 e. The van der Waals surface area contributed by atoms with Crippen LogP contribution in [0.25, 0.3) is 0 Å². The number of thioether (sulfide) groups is 1. The summed E-state index contributed by atoms with van der Waals surface area (Å²) in [5, 5.41) is 14.3. The first-order chi connectivity index (χ1) is 17.5. The summed E-state index contributed by atoms with van der Waals surface area (Å²) in [5.41, 5.74) is 3.12. The highest BCUT2D eigenvalue weighted by atomic mass is 32.2. The lowest BCUT2D eigenvalue weighted by Gasteiger charge is -2.17. The number of aromatic carboxylic acids is 1. The Labute approximate surface area is 213 Å². The number of benzene rings is 4. The van der Waals surface area contributed by atoms with Gasteiger partial charge >= 0.3 is 5.97 Å². The summed E-state index contributed by atoms with van der Waals surface area (Å²) in [6.07, 6.45) is 0.293. The third-order valence-electron chi connectivity index (χ3n) is 5.34. The van der Waals surface area contributed by atoms with Crippen LogP contribution in [0.15, 0.2) is 114 Å². The molecule has 2 amide bonds. The number of amides is 2. The number of carbonyl (C=O) groups is 3. The summed E-state index contributed by atoms with van der Waals surface area (Å²) in [4.78, 5) is 37.5. The molecule has 4 aromatic carbocycles. The average Bonchev–Trinajstić information content (AvgIpc) is 2.89. The van der Waals surface area contributed by atoms with Crippen molar-refractivity contribution in [2.45, 2.75) is 16.6 Å². The quantitative estimate of drug-likeness (QED) is 0.246. The Morgan fingerprint density at radius 3 is 1.86 bits per heavy atom. The molecule has 0 aliphatic carbocycles. The van der Waals surface area contributed by atoms with Crippen molar-refractivity contribution in [3.05, 3.63) is 126 Å². The predicted octanol–water partition coefficient (Wildman–Crippen LogP) is 6.04. The topological polar surface area (TPSA) is 95.5 Å². The Hall–Kier alpha value is -4.36. The number of hydrogen-bond acceptors (Lipinski definition) is 4. The number of anilines is 2. The molecule has 0 saturated carbocycles. The van der Waals surface area contributed by atoms with Gasteiger partial charge in [-0.1, -0.05) is 60.7 Å². The van der Waals surface area contributed by atoms with Crippen LogP contribution in [-0.4, -0.2) is 22.9 Å². The summed E-state index contributed by atoms with van der Waals surface area (Å²) in [7, 11) is 0. The van der Waals surface area contributed by atoms with E-state index in [9.17, 15) is 14.4 Å². The van der Waals surface area contributed by atoms with E-state index >= 15 is 0 Å². The number of hydrogen-bond donors (Lipinski definition) is 3. The van der Waals surface area contributed by atoms with Gasteiger partial charge in [-0.15, -0.1) is 11.8 Å². The fraction of sp³-hybridized carbons (Fsp3) is 0.0690. The van der Waals surface area contributed by atoms with Crippen molar-refractivity contribution in [2.75, 3.05) is 10.6 Å². The Morgan fingerprint density at radius 2 is 1.25 bits per heavy atom. The van der Waals surface area contributed by atoms with Crippen molar-refractivity contribution in [3.63, 3.8) is 0 Å². The Bertz CT molecular complexity index is 1330. The highest BCUT2D eigenvalue weighted by Gasteiger charge is 2.22. The molecule has 6 nitrogen and oxygen atoms in total. The largest absolute Gasteiger partial charge is 0.478 e. The number of rotatable bonds is 9. The second kappa shape index (κ2) is 11.9. The molecule has 4 aromatic rings. The molecule has 36 heavy (non-hydrogen) atoms. The third-order valence-corrected chi connectivity index (χ3v) is 6.61. The normalized spacial score (nSPS) is 11.3. The molecule has 0 radical (unpaired) electrons. The van der Waals surface area contributed by atoms with Gasteiger partial charge in [-0.3, -0.25) is 9.59 Å². The van der Waals surface area contributed by atoms with E-state index in [1.54, 1.807) is 12.1 Å². The number of nitrogens with one attached hydrogen (secondary N) is 2. The fourth-order valence-electron chi connectivity index (χ4n) is 3.54. The molecule has 0 bridgehead atoms. The van der Waals surface area contributed by atoms with Gasteiger partial charge in [0, 0.05) is 16.3 Å². The smallest absolute Gasteiger partial charge is 0.335 e. The van der Waals surface area contributed by atoms with Gasteiger partial charge in [0.05, 0.1) is 12.0 Å². The van der Waals surface area contributed by atoms with Crippen LogP contribution < -0.4 is 10.6 Å². The molecule has 1 unspecified atom stereocenters. The third kappa shape index (κ3) is 6.84. The summed E-state index contributed by atoms with van der Waals surface area (Å²) in [6, 6.07) is 32.4. The van der Waals surface area contributed by atoms with E-state index in [1.165, 1.54) is 23.9 Å². The van der Waals surface area contributed by atoms with E-state index in [-0.39, 0.29) is 17.4 Å². The zero-order valence-corrected chi connectivity index (χ0v) is 20.1. The zero-order chi connectivity index (χ0) is 25.3. The van der Waals surface area contributed by atoms with Crippen LogP contribution in [-0.2, 0) is 16.0 Å². The summed E-state index contributed by atoms with van der Waals surface area (Å²) in [6.45, 7) is 0. The fourth-order valence-corrected chi connectivity index (χ4v) is 4.57. The van der Waals surface area contributed by atoms with Crippen molar-refractivity contribution in [1.29, 1.82) is 0 Å². The SMILES string of the molecule is O=C(Cc1ccccc1)Nc1ccc(SC(C(=O)Nc2ccc(C(=O)O)cc2)c2ccccc2)cc1. The predicted molar refractivity (Wildman–Crippen MR) is 142 cm³/mol. The summed E-state index contributed by atoms with van der Waals surface area (Å²) in [5.74, 6) is -1.35. The van der Waals surface area contributed by atoms with Gasteiger partial charge in [0.15, 0.2) is 0 Å². The molecule has 0 saturated heterocycles. The van der Waals surface area contributed by atoms with Crippen molar-refractivity contribution in [1.82, 2.24) is 0 Å². The minimum absolute atomic E-state index is 0.0999. The van der Waals surface area contributed by atoms with Gasteiger partial charge in [-0.05, 0) is 59.7 Å². The maximum Gasteiger partial charge on any atom is 0.335 e. The van der Waals surface area contributed by atoms with Crippen LogP contribution in [0.3, 0.4) is 0 Å². The average molecular weight is 497 g/mol. The Kier molecular flexibility index (Phi) is 8.16. The molecule has 4 rings (SSSR count). The molecular formula is C29H24N2O4S. The van der Waals surface area contributed by atoms with Crippen LogP contribution in [0.5, 0.6) is 0 Å². The maximum absolute atomic E-state index is 13.2. The minimum atomic E-state index is -1.02. The molecule has 0 aromatic heterocycles. The standard InChI is InChI=1S/C29H24N2O4S/c32-26(19-20-7-3-1-4-8-20)30-23-15-17-25(18-16-23)36-27(21-9-5-2-6-10-21)28(33)31-24-13-11-22(12-14-24)29(34)35/h1-18,27H,19H2,(H,30,32)(H,31,33)(H,34,35). The van der Waals surface area contributed by atoms with Gasteiger partial charge < -0.3 is 15.7 Å². The number of carboxylic acid groups (broad SMARTS) is 1. The lowest BCUT2D eigenvalue weighted by atomic mass is 10.1. The van der Waals surface area contributed by atoms with E-state index in [1.807, 2.05) is 84.9 Å².